The van der Waals surface area contributed by atoms with Gasteiger partial charge < -0.3 is 15.5 Å². The summed E-state index contributed by atoms with van der Waals surface area (Å²) in [6, 6.07) is 4.54. The van der Waals surface area contributed by atoms with Crippen LogP contribution in [0.5, 0.6) is 0 Å². The smallest absolute Gasteiger partial charge is 0.250 e. The van der Waals surface area contributed by atoms with Crippen LogP contribution < -0.4 is 15.5 Å². The van der Waals surface area contributed by atoms with Gasteiger partial charge in [-0.1, -0.05) is 13.2 Å². The van der Waals surface area contributed by atoms with E-state index in [9.17, 15) is 14.4 Å². The minimum absolute atomic E-state index is 0.190. The van der Waals surface area contributed by atoms with Gasteiger partial charge in [-0.15, -0.1) is 0 Å². The highest BCUT2D eigenvalue weighted by Crippen LogP contribution is 2.24. The molecule has 3 amide bonds. The Labute approximate surface area is 123 Å². The summed E-state index contributed by atoms with van der Waals surface area (Å²) in [6.07, 6.45) is 2.30. The van der Waals surface area contributed by atoms with E-state index < -0.39 is 5.91 Å². The predicted octanol–water partition coefficient (Wildman–Crippen LogP) is 1.08. The van der Waals surface area contributed by atoms with Gasteiger partial charge in [0.2, 0.25) is 17.7 Å². The second-order valence-corrected chi connectivity index (χ2v) is 4.31. The molecule has 6 nitrogen and oxygen atoms in total. The summed E-state index contributed by atoms with van der Waals surface area (Å²) in [5.74, 6) is -1.35. The Hall–Kier alpha value is -2.89. The lowest BCUT2D eigenvalue weighted by Crippen LogP contribution is -2.27. The van der Waals surface area contributed by atoms with Crippen LogP contribution in [0.15, 0.2) is 43.5 Å². The molecule has 0 aliphatic rings. The summed E-state index contributed by atoms with van der Waals surface area (Å²) >= 11 is 0. The Bertz CT molecular complexity index is 578. The first-order chi connectivity index (χ1) is 9.81. The predicted molar refractivity (Wildman–Crippen MR) is 82.2 cm³/mol. The second kappa shape index (κ2) is 6.51. The van der Waals surface area contributed by atoms with E-state index in [0.29, 0.717) is 11.4 Å². The summed E-state index contributed by atoms with van der Waals surface area (Å²) in [7, 11) is 3.06. The van der Waals surface area contributed by atoms with Crippen molar-refractivity contribution in [1.29, 1.82) is 0 Å². The lowest BCUT2D eigenvalue weighted by Gasteiger charge is -2.21. The maximum Gasteiger partial charge on any atom is 0.250 e. The Kier molecular flexibility index (Phi) is 5.01. The third-order valence-electron chi connectivity index (χ3n) is 2.97. The van der Waals surface area contributed by atoms with Gasteiger partial charge >= 0.3 is 0 Å². The van der Waals surface area contributed by atoms with Crippen LogP contribution in [-0.2, 0) is 9.59 Å². The minimum atomic E-state index is -0.656. The van der Waals surface area contributed by atoms with E-state index in [4.69, 9.17) is 5.73 Å². The number of nitrogens with zero attached hydrogens (tertiary/aromatic N) is 2. The quantitative estimate of drug-likeness (QED) is 0.823. The van der Waals surface area contributed by atoms with Gasteiger partial charge in [-0.05, 0) is 30.4 Å². The van der Waals surface area contributed by atoms with Crippen LogP contribution in [0.4, 0.5) is 11.4 Å². The van der Waals surface area contributed by atoms with Crippen molar-refractivity contribution >= 4 is 29.1 Å². The molecule has 0 saturated carbocycles. The Morgan fingerprint density at radius 1 is 0.952 bits per heavy atom. The highest BCUT2D eigenvalue weighted by molar-refractivity contribution is 6.05. The van der Waals surface area contributed by atoms with E-state index in [1.807, 2.05) is 0 Å². The van der Waals surface area contributed by atoms with Crippen LogP contribution in [-0.4, -0.2) is 31.8 Å². The lowest BCUT2D eigenvalue weighted by molar-refractivity contribution is -0.114. The highest BCUT2D eigenvalue weighted by Gasteiger charge is 2.15. The Morgan fingerprint density at radius 2 is 1.33 bits per heavy atom. The number of amides is 3. The monoisotopic (exact) mass is 287 g/mol. The van der Waals surface area contributed by atoms with Gasteiger partial charge in [0, 0.05) is 31.0 Å². The SMILES string of the molecule is C=CC(=O)N(C)c1cc(C(N)=O)cc(N(C)C(=O)C=C)c1. The normalized spacial score (nSPS) is 9.62. The molecule has 0 heterocycles. The van der Waals surface area contributed by atoms with Crippen molar-refractivity contribution in [3.8, 4) is 0 Å². The maximum atomic E-state index is 11.7. The molecule has 0 radical (unpaired) electrons. The fourth-order valence-corrected chi connectivity index (χ4v) is 1.65. The molecule has 0 aromatic heterocycles. The van der Waals surface area contributed by atoms with Crippen molar-refractivity contribution in [3.05, 3.63) is 49.1 Å². The fraction of sp³-hybridized carbons (Fsp3) is 0.133. The van der Waals surface area contributed by atoms with Crippen molar-refractivity contribution in [2.24, 2.45) is 5.73 Å². The van der Waals surface area contributed by atoms with Gasteiger partial charge in [0.1, 0.15) is 0 Å². The molecule has 21 heavy (non-hydrogen) atoms. The molecule has 1 aromatic rings. The molecular formula is C15H17N3O3. The molecule has 0 bridgehead atoms. The molecule has 0 saturated heterocycles. The van der Waals surface area contributed by atoms with E-state index in [-0.39, 0.29) is 17.4 Å². The standard InChI is InChI=1S/C15H17N3O3/c1-5-13(19)17(3)11-7-10(15(16)21)8-12(9-11)18(4)14(20)6-2/h5-9H,1-2H2,3-4H3,(H2,16,21). The van der Waals surface area contributed by atoms with Crippen LogP contribution >= 0.6 is 0 Å². The van der Waals surface area contributed by atoms with Gasteiger partial charge in [-0.3, -0.25) is 14.4 Å². The first-order valence-electron chi connectivity index (χ1n) is 6.07. The molecule has 0 spiro atoms. The molecule has 0 aliphatic heterocycles. The minimum Gasteiger partial charge on any atom is -0.366 e. The number of hydrogen-bond donors (Lipinski definition) is 1. The Morgan fingerprint density at radius 3 is 1.62 bits per heavy atom. The molecule has 0 fully saturated rings. The van der Waals surface area contributed by atoms with Crippen LogP contribution in [0.25, 0.3) is 0 Å². The van der Waals surface area contributed by atoms with Gasteiger partial charge in [-0.25, -0.2) is 0 Å². The average Bonchev–Trinajstić information content (AvgIpc) is 2.51. The van der Waals surface area contributed by atoms with Gasteiger partial charge in [0.25, 0.3) is 0 Å². The molecule has 1 rings (SSSR count). The number of carbonyl (C=O) groups excluding carboxylic acids is 3. The fourth-order valence-electron chi connectivity index (χ4n) is 1.65. The second-order valence-electron chi connectivity index (χ2n) is 4.31. The largest absolute Gasteiger partial charge is 0.366 e. The van der Waals surface area contributed by atoms with Gasteiger partial charge in [0.05, 0.1) is 0 Å². The van der Waals surface area contributed by atoms with Crippen LogP contribution in [0.1, 0.15) is 10.4 Å². The summed E-state index contributed by atoms with van der Waals surface area (Å²) in [4.78, 5) is 37.3. The van der Waals surface area contributed by atoms with Crippen LogP contribution in [0.3, 0.4) is 0 Å². The van der Waals surface area contributed by atoms with E-state index in [1.54, 1.807) is 6.07 Å². The molecule has 110 valence electrons. The first-order valence-corrected chi connectivity index (χ1v) is 6.07. The zero-order valence-corrected chi connectivity index (χ0v) is 12.0. The van der Waals surface area contributed by atoms with Gasteiger partial charge in [-0.2, -0.15) is 0 Å². The number of nitrogens with two attached hydrogens (primary N) is 1. The molecule has 6 heteroatoms. The summed E-state index contributed by atoms with van der Waals surface area (Å²) < 4.78 is 0. The number of anilines is 2. The number of primary amides is 1. The summed E-state index contributed by atoms with van der Waals surface area (Å²) in [5, 5.41) is 0. The highest BCUT2D eigenvalue weighted by atomic mass is 16.2. The molecule has 0 unspecified atom stereocenters. The first kappa shape index (κ1) is 16.2. The zero-order chi connectivity index (χ0) is 16.2. The molecule has 0 aliphatic carbocycles. The van der Waals surface area contributed by atoms with Crippen LogP contribution in [0, 0.1) is 0 Å². The van der Waals surface area contributed by atoms with E-state index in [1.165, 1.54) is 36.0 Å². The number of rotatable bonds is 5. The van der Waals surface area contributed by atoms with Crippen molar-refractivity contribution in [2.45, 2.75) is 0 Å². The number of carbonyl (C=O) groups is 3. The molecule has 0 atom stereocenters. The third-order valence-corrected chi connectivity index (χ3v) is 2.97. The summed E-state index contributed by atoms with van der Waals surface area (Å²) in [5.41, 5.74) is 6.32. The molecule has 2 N–H and O–H groups in total. The average molecular weight is 287 g/mol. The number of benzene rings is 1. The number of hydrogen-bond acceptors (Lipinski definition) is 3. The lowest BCUT2D eigenvalue weighted by atomic mass is 10.1. The maximum absolute atomic E-state index is 11.7. The Balaban J connectivity index is 3.39. The van der Waals surface area contributed by atoms with E-state index in [0.717, 1.165) is 12.2 Å². The van der Waals surface area contributed by atoms with E-state index in [2.05, 4.69) is 13.2 Å². The van der Waals surface area contributed by atoms with E-state index >= 15 is 0 Å². The topological polar surface area (TPSA) is 83.7 Å². The van der Waals surface area contributed by atoms with Crippen LogP contribution in [0.2, 0.25) is 0 Å². The van der Waals surface area contributed by atoms with Gasteiger partial charge in [0.15, 0.2) is 0 Å². The number of likely N-dealkylation sites (N-methyl/N-ethyl adjacent to an activating group) is 2. The van der Waals surface area contributed by atoms with Crippen molar-refractivity contribution in [1.82, 2.24) is 0 Å². The summed E-state index contributed by atoms with van der Waals surface area (Å²) in [6.45, 7) is 6.81. The third kappa shape index (κ3) is 3.56. The van der Waals surface area contributed by atoms with Crippen molar-refractivity contribution < 1.29 is 14.4 Å². The molecular weight excluding hydrogens is 270 g/mol. The van der Waals surface area contributed by atoms with Crippen molar-refractivity contribution in [3.63, 3.8) is 0 Å². The zero-order valence-electron chi connectivity index (χ0n) is 12.0. The van der Waals surface area contributed by atoms with Crippen molar-refractivity contribution in [2.75, 3.05) is 23.9 Å². The molecule has 1 aromatic carbocycles.